The molecule has 6 nitrogen and oxygen atoms in total. The number of rotatable bonds is 7. The smallest absolute Gasteiger partial charge is 0.370 e. The van der Waals surface area contributed by atoms with E-state index in [-0.39, 0.29) is 29.9 Å². The number of hydrogen-bond donors (Lipinski definition) is 3. The van der Waals surface area contributed by atoms with Crippen LogP contribution in [0.5, 0.6) is 0 Å². The first kappa shape index (κ1) is 20.7. The molecule has 10 heteroatoms. The molecule has 0 radical (unpaired) electrons. The number of anilines is 1. The molecule has 0 saturated carbocycles. The van der Waals surface area contributed by atoms with Crippen LogP contribution in [0.3, 0.4) is 0 Å². The van der Waals surface area contributed by atoms with Crippen molar-refractivity contribution >= 4 is 35.9 Å². The number of nitrogens with zero attached hydrogens (tertiary/aromatic N) is 3. The highest BCUT2D eigenvalue weighted by molar-refractivity contribution is 14.0. The highest BCUT2D eigenvalue weighted by Crippen LogP contribution is 2.27. The first-order chi connectivity index (χ1) is 9.93. The van der Waals surface area contributed by atoms with Crippen molar-refractivity contribution in [3.63, 3.8) is 0 Å². The second-order valence-corrected chi connectivity index (χ2v) is 4.24. The van der Waals surface area contributed by atoms with Gasteiger partial charge in [-0.25, -0.2) is 9.97 Å². The number of aromatic nitrogens is 2. The van der Waals surface area contributed by atoms with E-state index in [2.05, 4.69) is 32.5 Å². The predicted molar refractivity (Wildman–Crippen MR) is 90.3 cm³/mol. The van der Waals surface area contributed by atoms with Crippen molar-refractivity contribution < 1.29 is 13.2 Å². The molecule has 0 aliphatic heterocycles. The number of hydrogen-bond acceptors (Lipinski definition) is 4. The Morgan fingerprint density at radius 2 is 2.09 bits per heavy atom. The van der Waals surface area contributed by atoms with Crippen molar-refractivity contribution in [2.75, 3.05) is 25.0 Å². The summed E-state index contributed by atoms with van der Waals surface area (Å²) >= 11 is 0. The lowest BCUT2D eigenvalue weighted by atomic mass is 10.3. The highest BCUT2D eigenvalue weighted by Gasteiger charge is 2.32. The molecule has 0 aliphatic rings. The zero-order chi connectivity index (χ0) is 15.7. The molecule has 0 saturated heterocycles. The topological polar surface area (TPSA) is 88.2 Å². The summed E-state index contributed by atoms with van der Waals surface area (Å²) in [6.07, 6.45) is -1.43. The first-order valence-electron chi connectivity index (χ1n) is 6.61. The summed E-state index contributed by atoms with van der Waals surface area (Å²) in [7, 11) is 0. The van der Waals surface area contributed by atoms with Gasteiger partial charge in [0.25, 0.3) is 0 Å². The van der Waals surface area contributed by atoms with Crippen LogP contribution >= 0.6 is 24.0 Å². The Labute approximate surface area is 144 Å². The molecule has 126 valence electrons. The van der Waals surface area contributed by atoms with Gasteiger partial charge in [0.15, 0.2) is 5.96 Å². The van der Waals surface area contributed by atoms with Crippen molar-refractivity contribution in [1.29, 1.82) is 0 Å². The second-order valence-electron chi connectivity index (χ2n) is 4.24. The summed E-state index contributed by atoms with van der Waals surface area (Å²) in [5.41, 5.74) is 4.63. The lowest BCUT2D eigenvalue weighted by Crippen LogP contribution is -2.35. The number of guanidine groups is 1. The van der Waals surface area contributed by atoms with Crippen LogP contribution in [0.25, 0.3) is 0 Å². The monoisotopic (exact) mass is 432 g/mol. The van der Waals surface area contributed by atoms with Gasteiger partial charge in [-0.15, -0.1) is 24.0 Å². The molecule has 22 heavy (non-hydrogen) atoms. The van der Waals surface area contributed by atoms with E-state index in [1.165, 1.54) is 0 Å². The maximum atomic E-state index is 12.4. The Bertz CT molecular complexity index is 466. The molecule has 1 heterocycles. The summed E-state index contributed by atoms with van der Waals surface area (Å²) in [5.74, 6) is 0.239. The van der Waals surface area contributed by atoms with Crippen LogP contribution in [0.4, 0.5) is 19.1 Å². The lowest BCUT2D eigenvalue weighted by Gasteiger charge is -2.09. The zero-order valence-corrected chi connectivity index (χ0v) is 14.5. The van der Waals surface area contributed by atoms with Crippen LogP contribution in [0.2, 0.25) is 0 Å². The van der Waals surface area contributed by atoms with Crippen molar-refractivity contribution in [3.05, 3.63) is 18.0 Å². The van der Waals surface area contributed by atoms with Crippen molar-refractivity contribution in [2.45, 2.75) is 25.9 Å². The fourth-order valence-corrected chi connectivity index (χ4v) is 1.38. The molecule has 0 aromatic carbocycles. The van der Waals surface area contributed by atoms with Crippen LogP contribution in [0.15, 0.2) is 17.3 Å². The Balaban J connectivity index is 0.00000441. The van der Waals surface area contributed by atoms with E-state index >= 15 is 0 Å². The van der Waals surface area contributed by atoms with Gasteiger partial charge in [-0.05, 0) is 12.5 Å². The maximum Gasteiger partial charge on any atom is 0.433 e. The van der Waals surface area contributed by atoms with E-state index in [1.807, 2.05) is 0 Å². The summed E-state index contributed by atoms with van der Waals surface area (Å²) < 4.78 is 37.3. The molecular weight excluding hydrogens is 412 g/mol. The molecule has 0 amide bonds. The minimum Gasteiger partial charge on any atom is -0.370 e. The van der Waals surface area contributed by atoms with E-state index in [9.17, 15) is 13.2 Å². The molecule has 0 spiro atoms. The van der Waals surface area contributed by atoms with Crippen LogP contribution in [-0.2, 0) is 6.18 Å². The molecule has 1 aromatic rings. The van der Waals surface area contributed by atoms with Gasteiger partial charge in [0.1, 0.15) is 5.69 Å². The third-order valence-electron chi connectivity index (χ3n) is 2.45. The van der Waals surface area contributed by atoms with E-state index in [1.54, 1.807) is 0 Å². The third kappa shape index (κ3) is 8.20. The maximum absolute atomic E-state index is 12.4. The Kier molecular flexibility index (Phi) is 9.78. The predicted octanol–water partition coefficient (Wildman–Crippen LogP) is 2.23. The van der Waals surface area contributed by atoms with Crippen molar-refractivity contribution in [3.8, 4) is 0 Å². The summed E-state index contributed by atoms with van der Waals surface area (Å²) in [6.45, 7) is 3.43. The average Bonchev–Trinajstić information content (AvgIpc) is 2.43. The lowest BCUT2D eigenvalue weighted by molar-refractivity contribution is -0.141. The molecule has 1 aromatic heterocycles. The van der Waals surface area contributed by atoms with Gasteiger partial charge in [-0.2, -0.15) is 13.2 Å². The van der Waals surface area contributed by atoms with E-state index < -0.39 is 11.9 Å². The minimum atomic E-state index is -4.48. The van der Waals surface area contributed by atoms with Gasteiger partial charge in [0, 0.05) is 25.8 Å². The van der Waals surface area contributed by atoms with Crippen molar-refractivity contribution in [1.82, 2.24) is 15.3 Å². The number of nitrogens with one attached hydrogen (secondary N) is 2. The van der Waals surface area contributed by atoms with Crippen LogP contribution in [0.1, 0.15) is 25.5 Å². The fraction of sp³-hybridized carbons (Fsp3) is 0.583. The van der Waals surface area contributed by atoms with Gasteiger partial charge in [-0.1, -0.05) is 13.3 Å². The molecule has 0 unspecified atom stereocenters. The number of aliphatic imine (C=N–C) groups is 1. The second kappa shape index (κ2) is 10.4. The molecule has 0 bridgehead atoms. The quantitative estimate of drug-likeness (QED) is 0.266. The third-order valence-corrected chi connectivity index (χ3v) is 2.45. The average molecular weight is 432 g/mol. The van der Waals surface area contributed by atoms with E-state index in [4.69, 9.17) is 5.73 Å². The highest BCUT2D eigenvalue weighted by atomic mass is 127. The Morgan fingerprint density at radius 1 is 1.36 bits per heavy atom. The minimum absolute atomic E-state index is 0. The summed E-state index contributed by atoms with van der Waals surface area (Å²) in [6, 6.07) is 0.821. The normalized spacial score (nSPS) is 11.7. The van der Waals surface area contributed by atoms with E-state index in [0.717, 1.165) is 25.1 Å². The molecule has 0 aliphatic carbocycles. The summed E-state index contributed by atoms with van der Waals surface area (Å²) in [4.78, 5) is 11.2. The van der Waals surface area contributed by atoms with Gasteiger partial charge >= 0.3 is 6.18 Å². The summed E-state index contributed by atoms with van der Waals surface area (Å²) in [5, 5.41) is 5.53. The largest absolute Gasteiger partial charge is 0.433 e. The van der Waals surface area contributed by atoms with Gasteiger partial charge < -0.3 is 16.4 Å². The number of alkyl halides is 3. The zero-order valence-electron chi connectivity index (χ0n) is 12.2. The van der Waals surface area contributed by atoms with Crippen LogP contribution < -0.4 is 16.4 Å². The molecule has 4 N–H and O–H groups in total. The number of halogens is 4. The molecule has 0 atom stereocenters. The Morgan fingerprint density at radius 3 is 2.73 bits per heavy atom. The van der Waals surface area contributed by atoms with E-state index in [0.29, 0.717) is 25.6 Å². The SMILES string of the molecule is CCCCN=C(N)NCCNc1nccc(C(F)(F)F)n1.I. The fourth-order valence-electron chi connectivity index (χ4n) is 1.38. The van der Waals surface area contributed by atoms with Crippen molar-refractivity contribution in [2.24, 2.45) is 10.7 Å². The number of nitrogens with two attached hydrogens (primary N) is 1. The standard InChI is InChI=1S/C12H19F3N6.HI/c1-2-3-5-17-10(16)18-7-8-20-11-19-6-4-9(21-11)12(13,14)15;/h4,6H,2-3,5,7-8H2,1H3,(H3,16,17,18)(H,19,20,21);1H. The van der Waals surface area contributed by atoms with Crippen LogP contribution in [0, 0.1) is 0 Å². The van der Waals surface area contributed by atoms with Gasteiger partial charge in [0.2, 0.25) is 5.95 Å². The van der Waals surface area contributed by atoms with Gasteiger partial charge in [-0.3, -0.25) is 4.99 Å². The van der Waals surface area contributed by atoms with Gasteiger partial charge in [0.05, 0.1) is 0 Å². The molecule has 0 fully saturated rings. The number of unbranched alkanes of at least 4 members (excludes halogenated alkanes) is 1. The Hall–Kier alpha value is -1.33. The van der Waals surface area contributed by atoms with Crippen LogP contribution in [-0.4, -0.2) is 35.6 Å². The molecule has 1 rings (SSSR count). The first-order valence-corrected chi connectivity index (χ1v) is 6.61. The molecular formula is C12H20F3IN6.